The van der Waals surface area contributed by atoms with Crippen molar-refractivity contribution in [3.63, 3.8) is 0 Å². The maximum absolute atomic E-state index is 12.5. The molecule has 1 atom stereocenters. The van der Waals surface area contributed by atoms with Crippen molar-refractivity contribution in [2.75, 3.05) is 0 Å². The molecule has 1 heterocycles. The Labute approximate surface area is 178 Å². The first-order valence-corrected chi connectivity index (χ1v) is 10.3. The lowest BCUT2D eigenvalue weighted by Gasteiger charge is -2.31. The molecule has 3 rings (SSSR count). The number of hydrogen-bond donors (Lipinski definition) is 0. The topological polar surface area (TPSA) is 52.6 Å². The lowest BCUT2D eigenvalue weighted by Crippen LogP contribution is -2.42. The SMILES string of the molecule is CC(C[C@H](c1ccccc1)c1ccc(C(C)(C)C)cc1)=C1C(=O)OC(C)(C)OC1=O. The summed E-state index contributed by atoms with van der Waals surface area (Å²) in [6.07, 6.45) is 0.513. The maximum atomic E-state index is 12.5. The average Bonchev–Trinajstić information content (AvgIpc) is 2.64. The fourth-order valence-electron chi connectivity index (χ4n) is 3.74. The quantitative estimate of drug-likeness (QED) is 0.373. The summed E-state index contributed by atoms with van der Waals surface area (Å²) < 4.78 is 10.6. The van der Waals surface area contributed by atoms with Crippen molar-refractivity contribution in [2.45, 2.75) is 65.1 Å². The summed E-state index contributed by atoms with van der Waals surface area (Å²) >= 11 is 0. The monoisotopic (exact) mass is 406 g/mol. The van der Waals surface area contributed by atoms with Crippen LogP contribution in [0.3, 0.4) is 0 Å². The molecule has 1 fully saturated rings. The highest BCUT2D eigenvalue weighted by Crippen LogP contribution is 2.35. The van der Waals surface area contributed by atoms with Gasteiger partial charge in [0.05, 0.1) is 0 Å². The van der Waals surface area contributed by atoms with Crippen molar-refractivity contribution >= 4 is 11.9 Å². The Hall–Kier alpha value is -2.88. The first kappa shape index (κ1) is 21.8. The van der Waals surface area contributed by atoms with Gasteiger partial charge in [-0.3, -0.25) is 0 Å². The molecule has 4 nitrogen and oxygen atoms in total. The number of rotatable bonds is 4. The second kappa shape index (κ2) is 8.10. The summed E-state index contributed by atoms with van der Waals surface area (Å²) in [5, 5.41) is 0. The Balaban J connectivity index is 1.98. The highest BCUT2D eigenvalue weighted by atomic mass is 16.7. The summed E-state index contributed by atoms with van der Waals surface area (Å²) in [5.74, 6) is -2.48. The van der Waals surface area contributed by atoms with Crippen LogP contribution in [0.1, 0.15) is 70.6 Å². The Kier molecular flexibility index (Phi) is 5.89. The lowest BCUT2D eigenvalue weighted by molar-refractivity contribution is -0.222. The molecule has 0 radical (unpaired) electrons. The number of hydrogen-bond acceptors (Lipinski definition) is 4. The van der Waals surface area contributed by atoms with E-state index >= 15 is 0 Å². The lowest BCUT2D eigenvalue weighted by atomic mass is 9.82. The summed E-state index contributed by atoms with van der Waals surface area (Å²) in [7, 11) is 0. The van der Waals surface area contributed by atoms with Gasteiger partial charge in [-0.1, -0.05) is 80.9 Å². The third-order valence-corrected chi connectivity index (χ3v) is 5.40. The first-order chi connectivity index (χ1) is 14.0. The van der Waals surface area contributed by atoms with Crippen molar-refractivity contribution in [2.24, 2.45) is 0 Å². The minimum Gasteiger partial charge on any atom is -0.419 e. The van der Waals surface area contributed by atoms with Crippen molar-refractivity contribution in [3.8, 4) is 0 Å². The molecular weight excluding hydrogens is 376 g/mol. The highest BCUT2D eigenvalue weighted by molar-refractivity contribution is 6.16. The zero-order valence-electron chi connectivity index (χ0n) is 18.6. The van der Waals surface area contributed by atoms with E-state index in [0.29, 0.717) is 12.0 Å². The van der Waals surface area contributed by atoms with Gasteiger partial charge in [0.25, 0.3) is 5.79 Å². The Morgan fingerprint density at radius 3 is 1.87 bits per heavy atom. The Morgan fingerprint density at radius 1 is 0.867 bits per heavy atom. The van der Waals surface area contributed by atoms with E-state index < -0.39 is 17.7 Å². The number of carbonyl (C=O) groups excluding carboxylic acids is 2. The first-order valence-electron chi connectivity index (χ1n) is 10.3. The molecule has 0 spiro atoms. The van der Waals surface area contributed by atoms with Crippen LogP contribution in [-0.4, -0.2) is 17.7 Å². The molecule has 0 saturated carbocycles. The molecule has 1 aliphatic rings. The van der Waals surface area contributed by atoms with Crippen LogP contribution in [-0.2, 0) is 24.5 Å². The predicted molar refractivity (Wildman–Crippen MR) is 117 cm³/mol. The van der Waals surface area contributed by atoms with Gasteiger partial charge < -0.3 is 9.47 Å². The summed E-state index contributed by atoms with van der Waals surface area (Å²) in [4.78, 5) is 25.0. The number of ether oxygens (including phenoxy) is 2. The van der Waals surface area contributed by atoms with E-state index in [1.807, 2.05) is 18.2 Å². The second-order valence-electron chi connectivity index (χ2n) is 9.37. The Morgan fingerprint density at radius 2 is 1.37 bits per heavy atom. The normalized spacial score (nSPS) is 17.2. The number of esters is 2. The molecule has 30 heavy (non-hydrogen) atoms. The molecule has 2 aromatic rings. The molecule has 0 bridgehead atoms. The van der Waals surface area contributed by atoms with Crippen molar-refractivity contribution in [1.29, 1.82) is 0 Å². The van der Waals surface area contributed by atoms with E-state index in [4.69, 9.17) is 9.47 Å². The van der Waals surface area contributed by atoms with Gasteiger partial charge in [-0.15, -0.1) is 0 Å². The predicted octanol–water partition coefficient (Wildman–Crippen LogP) is 5.66. The van der Waals surface area contributed by atoms with E-state index in [0.717, 1.165) is 11.1 Å². The van der Waals surface area contributed by atoms with Gasteiger partial charge in [0.15, 0.2) is 0 Å². The van der Waals surface area contributed by atoms with Crippen LogP contribution in [0, 0.1) is 0 Å². The molecule has 1 saturated heterocycles. The van der Waals surface area contributed by atoms with E-state index in [-0.39, 0.29) is 16.9 Å². The van der Waals surface area contributed by atoms with Crippen LogP contribution in [0.4, 0.5) is 0 Å². The smallest absolute Gasteiger partial charge is 0.348 e. The maximum Gasteiger partial charge on any atom is 0.348 e. The molecule has 0 aliphatic carbocycles. The second-order valence-corrected chi connectivity index (χ2v) is 9.37. The molecule has 2 aromatic carbocycles. The average molecular weight is 407 g/mol. The molecule has 0 aromatic heterocycles. The molecule has 1 aliphatic heterocycles. The van der Waals surface area contributed by atoms with Crippen LogP contribution < -0.4 is 0 Å². The minimum absolute atomic E-state index is 0.00145. The van der Waals surface area contributed by atoms with Crippen molar-refractivity contribution in [3.05, 3.63) is 82.4 Å². The third-order valence-electron chi connectivity index (χ3n) is 5.40. The van der Waals surface area contributed by atoms with Crippen LogP contribution in [0.2, 0.25) is 0 Å². The number of carbonyl (C=O) groups is 2. The molecule has 158 valence electrons. The Bertz CT molecular complexity index is 938. The zero-order valence-corrected chi connectivity index (χ0v) is 18.6. The van der Waals surface area contributed by atoms with E-state index in [1.165, 1.54) is 5.56 Å². The number of allylic oxidation sites excluding steroid dienone is 1. The summed E-state index contributed by atoms with van der Waals surface area (Å²) in [6, 6.07) is 18.7. The third kappa shape index (κ3) is 4.81. The van der Waals surface area contributed by atoms with Crippen LogP contribution in [0.25, 0.3) is 0 Å². The van der Waals surface area contributed by atoms with Crippen molar-refractivity contribution < 1.29 is 19.1 Å². The molecule has 0 unspecified atom stereocenters. The van der Waals surface area contributed by atoms with Gasteiger partial charge in [-0.2, -0.15) is 0 Å². The van der Waals surface area contributed by atoms with Gasteiger partial charge in [0.1, 0.15) is 5.57 Å². The van der Waals surface area contributed by atoms with Gasteiger partial charge in [0, 0.05) is 19.8 Å². The molecular formula is C26H30O4. The van der Waals surface area contributed by atoms with E-state index in [2.05, 4.69) is 57.2 Å². The van der Waals surface area contributed by atoms with Gasteiger partial charge in [-0.05, 0) is 35.4 Å². The number of benzene rings is 2. The number of cyclic esters (lactones) is 2. The largest absolute Gasteiger partial charge is 0.419 e. The van der Waals surface area contributed by atoms with Gasteiger partial charge >= 0.3 is 11.9 Å². The van der Waals surface area contributed by atoms with Crippen LogP contribution in [0.15, 0.2) is 65.7 Å². The van der Waals surface area contributed by atoms with E-state index in [1.54, 1.807) is 20.8 Å². The highest BCUT2D eigenvalue weighted by Gasteiger charge is 2.40. The van der Waals surface area contributed by atoms with Gasteiger partial charge in [0.2, 0.25) is 0 Å². The summed E-state index contributed by atoms with van der Waals surface area (Å²) in [5.41, 5.74) is 4.25. The molecule has 0 N–H and O–H groups in total. The molecule has 0 amide bonds. The van der Waals surface area contributed by atoms with Crippen LogP contribution >= 0.6 is 0 Å². The van der Waals surface area contributed by atoms with Crippen LogP contribution in [0.5, 0.6) is 0 Å². The van der Waals surface area contributed by atoms with Crippen molar-refractivity contribution in [1.82, 2.24) is 0 Å². The molecule has 4 heteroatoms. The fourth-order valence-corrected chi connectivity index (χ4v) is 3.74. The minimum atomic E-state index is -1.24. The van der Waals surface area contributed by atoms with Gasteiger partial charge in [-0.25, -0.2) is 9.59 Å². The fraction of sp³-hybridized carbons (Fsp3) is 0.385. The van der Waals surface area contributed by atoms with E-state index in [9.17, 15) is 9.59 Å². The standard InChI is InChI=1S/C26H30O4/c1-17(22-23(27)29-26(5,6)30-24(22)28)16-21(18-10-8-7-9-11-18)19-12-14-20(15-13-19)25(2,3)4/h7-15,21H,16H2,1-6H3/t21-/m1/s1. The zero-order chi connectivity index (χ0) is 22.1. The summed E-state index contributed by atoms with van der Waals surface area (Å²) in [6.45, 7) is 11.5.